The Morgan fingerprint density at radius 1 is 1.54 bits per heavy atom. The van der Waals surface area contributed by atoms with Crippen LogP contribution in [0.1, 0.15) is 17.2 Å². The van der Waals surface area contributed by atoms with Gasteiger partial charge in [-0.1, -0.05) is 12.1 Å². The third-order valence-corrected chi connectivity index (χ3v) is 2.05. The van der Waals surface area contributed by atoms with Crippen LogP contribution in [0.3, 0.4) is 0 Å². The highest BCUT2D eigenvalue weighted by Crippen LogP contribution is 2.31. The first-order valence-corrected chi connectivity index (χ1v) is 4.04. The third kappa shape index (κ3) is 1.65. The molecule has 13 heavy (non-hydrogen) atoms. The van der Waals surface area contributed by atoms with E-state index in [1.165, 1.54) is 0 Å². The Bertz CT molecular complexity index is 334. The molecule has 0 aliphatic heterocycles. The number of benzene rings is 1. The minimum atomic E-state index is -0.372. The van der Waals surface area contributed by atoms with Gasteiger partial charge in [-0.05, 0) is 18.6 Å². The Balaban J connectivity index is 3.32. The first-order valence-electron chi connectivity index (χ1n) is 4.04. The third-order valence-electron chi connectivity index (χ3n) is 2.05. The van der Waals surface area contributed by atoms with Crippen LogP contribution >= 0.6 is 0 Å². The van der Waals surface area contributed by atoms with E-state index in [0.29, 0.717) is 11.3 Å². The first kappa shape index (κ1) is 9.61. The lowest BCUT2D eigenvalue weighted by Crippen LogP contribution is -2.09. The molecule has 0 heterocycles. The monoisotopic (exact) mass is 178 g/mol. The van der Waals surface area contributed by atoms with E-state index in [1.54, 1.807) is 12.1 Å². The molecule has 0 amide bonds. The number of rotatable bonds is 2. The van der Waals surface area contributed by atoms with E-state index in [4.69, 9.17) is 11.5 Å². The van der Waals surface area contributed by atoms with Crippen LogP contribution in [0, 0.1) is 6.92 Å². The highest BCUT2D eigenvalue weighted by atomic mass is 16.3. The summed E-state index contributed by atoms with van der Waals surface area (Å²) in [6, 6.07) is 3.11. The largest absolute Gasteiger partial charge is 0.505 e. The quantitative estimate of drug-likeness (QED) is 0.365. The summed E-state index contributed by atoms with van der Waals surface area (Å²) in [5, 5.41) is 9.63. The van der Waals surface area contributed by atoms with Crippen LogP contribution < -0.4 is 11.5 Å². The van der Waals surface area contributed by atoms with Crippen molar-refractivity contribution in [2.75, 3.05) is 5.73 Å². The smallest absolute Gasteiger partial charge is 0.143 e. The summed E-state index contributed by atoms with van der Waals surface area (Å²) in [6.07, 6.45) is 1.57. The maximum atomic E-state index is 9.63. The average molecular weight is 178 g/mol. The van der Waals surface area contributed by atoms with Crippen molar-refractivity contribution >= 4 is 5.69 Å². The van der Waals surface area contributed by atoms with Crippen LogP contribution in [0.5, 0.6) is 5.75 Å². The zero-order chi connectivity index (χ0) is 10.0. The lowest BCUT2D eigenvalue weighted by molar-refractivity contribution is 0.468. The fourth-order valence-corrected chi connectivity index (χ4v) is 1.26. The SMILES string of the molecule is C=C[C@@H](N)c1c(C)ccc(N)c1O. The molecule has 1 aromatic carbocycles. The summed E-state index contributed by atoms with van der Waals surface area (Å²) in [5.41, 5.74) is 13.2. The Labute approximate surface area is 77.7 Å². The highest BCUT2D eigenvalue weighted by molar-refractivity contribution is 5.59. The molecule has 3 nitrogen and oxygen atoms in total. The number of nitrogen functional groups attached to an aromatic ring is 1. The van der Waals surface area contributed by atoms with E-state index in [1.807, 2.05) is 13.0 Å². The topological polar surface area (TPSA) is 72.3 Å². The van der Waals surface area contributed by atoms with Crippen molar-refractivity contribution in [3.05, 3.63) is 35.9 Å². The van der Waals surface area contributed by atoms with E-state index in [0.717, 1.165) is 5.56 Å². The van der Waals surface area contributed by atoms with Crippen molar-refractivity contribution in [2.24, 2.45) is 5.73 Å². The number of phenols is 1. The van der Waals surface area contributed by atoms with Gasteiger partial charge in [-0.15, -0.1) is 6.58 Å². The Morgan fingerprint density at radius 3 is 2.69 bits per heavy atom. The van der Waals surface area contributed by atoms with E-state index < -0.39 is 0 Å². The summed E-state index contributed by atoms with van der Waals surface area (Å²) < 4.78 is 0. The number of hydrogen-bond acceptors (Lipinski definition) is 3. The molecule has 0 saturated heterocycles. The van der Waals surface area contributed by atoms with Crippen molar-refractivity contribution in [2.45, 2.75) is 13.0 Å². The minimum absolute atomic E-state index is 0.0624. The van der Waals surface area contributed by atoms with Crippen molar-refractivity contribution in [1.29, 1.82) is 0 Å². The van der Waals surface area contributed by atoms with Gasteiger partial charge in [0.05, 0.1) is 11.7 Å². The molecule has 1 aromatic rings. The summed E-state index contributed by atoms with van der Waals surface area (Å²) in [5.74, 6) is 0.0624. The van der Waals surface area contributed by atoms with Crippen molar-refractivity contribution < 1.29 is 5.11 Å². The van der Waals surface area contributed by atoms with Gasteiger partial charge >= 0.3 is 0 Å². The molecule has 70 valence electrons. The van der Waals surface area contributed by atoms with Gasteiger partial charge in [0, 0.05) is 5.56 Å². The van der Waals surface area contributed by atoms with Crippen LogP contribution in [-0.2, 0) is 0 Å². The number of aryl methyl sites for hydroxylation is 1. The van der Waals surface area contributed by atoms with Gasteiger partial charge in [0.25, 0.3) is 0 Å². The Morgan fingerprint density at radius 2 is 2.15 bits per heavy atom. The number of nitrogens with two attached hydrogens (primary N) is 2. The maximum absolute atomic E-state index is 9.63. The Hall–Kier alpha value is -1.48. The molecule has 0 aromatic heterocycles. The molecule has 0 saturated carbocycles. The molecule has 1 atom stereocenters. The van der Waals surface area contributed by atoms with Crippen LogP contribution in [0.15, 0.2) is 24.8 Å². The number of aromatic hydroxyl groups is 1. The van der Waals surface area contributed by atoms with E-state index in [2.05, 4.69) is 6.58 Å². The molecule has 0 fully saturated rings. The predicted molar refractivity (Wildman–Crippen MR) is 54.4 cm³/mol. The average Bonchev–Trinajstić information content (AvgIpc) is 2.12. The van der Waals surface area contributed by atoms with E-state index in [9.17, 15) is 5.11 Å². The van der Waals surface area contributed by atoms with Crippen LogP contribution in [0.4, 0.5) is 5.69 Å². The Kier molecular flexibility index (Phi) is 2.58. The molecule has 1 rings (SSSR count). The maximum Gasteiger partial charge on any atom is 0.143 e. The molecule has 0 aliphatic carbocycles. The molecular weight excluding hydrogens is 164 g/mol. The second-order valence-corrected chi connectivity index (χ2v) is 3.00. The second kappa shape index (κ2) is 3.49. The second-order valence-electron chi connectivity index (χ2n) is 3.00. The van der Waals surface area contributed by atoms with Gasteiger partial charge in [-0.3, -0.25) is 0 Å². The summed E-state index contributed by atoms with van der Waals surface area (Å²) >= 11 is 0. The van der Waals surface area contributed by atoms with Crippen LogP contribution in [0.2, 0.25) is 0 Å². The van der Waals surface area contributed by atoms with Gasteiger partial charge in [0.15, 0.2) is 0 Å². The molecular formula is C10H14N2O. The van der Waals surface area contributed by atoms with Gasteiger partial charge < -0.3 is 16.6 Å². The molecule has 0 radical (unpaired) electrons. The number of phenolic OH excluding ortho intramolecular Hbond substituents is 1. The van der Waals surface area contributed by atoms with Crippen LogP contribution in [-0.4, -0.2) is 5.11 Å². The molecule has 0 spiro atoms. The molecule has 3 heteroatoms. The molecule has 0 bridgehead atoms. The molecule has 5 N–H and O–H groups in total. The lowest BCUT2D eigenvalue weighted by atomic mass is 10.00. The van der Waals surface area contributed by atoms with E-state index >= 15 is 0 Å². The zero-order valence-corrected chi connectivity index (χ0v) is 7.62. The van der Waals surface area contributed by atoms with Crippen LogP contribution in [0.25, 0.3) is 0 Å². The fourth-order valence-electron chi connectivity index (χ4n) is 1.26. The molecule has 0 aliphatic rings. The summed E-state index contributed by atoms with van der Waals surface area (Å²) in [7, 11) is 0. The first-order chi connectivity index (χ1) is 6.07. The normalized spacial score (nSPS) is 12.5. The predicted octanol–water partition coefficient (Wildman–Crippen LogP) is 1.47. The highest BCUT2D eigenvalue weighted by Gasteiger charge is 2.12. The van der Waals surface area contributed by atoms with Gasteiger partial charge in [-0.2, -0.15) is 0 Å². The number of anilines is 1. The standard InChI is InChI=1S/C10H14N2O/c1-3-7(11)9-6(2)4-5-8(12)10(9)13/h3-5,7,13H,1,11-12H2,2H3/t7-/m1/s1. The molecule has 0 unspecified atom stereocenters. The van der Waals surface area contributed by atoms with Crippen molar-refractivity contribution in [3.8, 4) is 5.75 Å². The fraction of sp³-hybridized carbons (Fsp3) is 0.200. The lowest BCUT2D eigenvalue weighted by Gasteiger charge is -2.13. The van der Waals surface area contributed by atoms with Gasteiger partial charge in [0.2, 0.25) is 0 Å². The van der Waals surface area contributed by atoms with E-state index in [-0.39, 0.29) is 11.8 Å². The summed E-state index contributed by atoms with van der Waals surface area (Å²) in [4.78, 5) is 0. The minimum Gasteiger partial charge on any atom is -0.505 e. The van der Waals surface area contributed by atoms with Gasteiger partial charge in [0.1, 0.15) is 5.75 Å². The van der Waals surface area contributed by atoms with Crippen molar-refractivity contribution in [1.82, 2.24) is 0 Å². The van der Waals surface area contributed by atoms with Gasteiger partial charge in [-0.25, -0.2) is 0 Å². The number of hydrogen-bond donors (Lipinski definition) is 3. The summed E-state index contributed by atoms with van der Waals surface area (Å²) in [6.45, 7) is 5.44. The van der Waals surface area contributed by atoms with Crippen molar-refractivity contribution in [3.63, 3.8) is 0 Å². The zero-order valence-electron chi connectivity index (χ0n) is 7.62.